The summed E-state index contributed by atoms with van der Waals surface area (Å²) in [5.41, 5.74) is 0. The third kappa shape index (κ3) is 4.63. The van der Waals surface area contributed by atoms with Crippen LogP contribution in [-0.2, 0) is 4.74 Å². The highest BCUT2D eigenvalue weighted by Crippen LogP contribution is 2.10. The summed E-state index contributed by atoms with van der Waals surface area (Å²) in [6, 6.07) is 0. The van der Waals surface area contributed by atoms with Gasteiger partial charge in [-0.1, -0.05) is 20.3 Å². The summed E-state index contributed by atoms with van der Waals surface area (Å²) in [5, 5.41) is 3.37. The van der Waals surface area contributed by atoms with Crippen molar-refractivity contribution in [3.05, 3.63) is 0 Å². The van der Waals surface area contributed by atoms with Crippen LogP contribution in [0.2, 0.25) is 0 Å². The largest absolute Gasteiger partial charge is 0.377 e. The molecule has 1 N–H and O–H groups in total. The summed E-state index contributed by atoms with van der Waals surface area (Å²) in [7, 11) is 0. The predicted molar refractivity (Wildman–Crippen MR) is 55.9 cm³/mol. The van der Waals surface area contributed by atoms with Gasteiger partial charge in [-0.3, -0.25) is 0 Å². The second-order valence-electron chi connectivity index (χ2n) is 4.20. The maximum Gasteiger partial charge on any atom is 0.0700 e. The SMILES string of the molecule is CCCC(C)COC1CCCNC1. The third-order valence-electron chi connectivity index (χ3n) is 2.65. The van der Waals surface area contributed by atoms with Gasteiger partial charge >= 0.3 is 0 Å². The Balaban J connectivity index is 2.03. The molecule has 13 heavy (non-hydrogen) atoms. The lowest BCUT2D eigenvalue weighted by molar-refractivity contribution is 0.0171. The van der Waals surface area contributed by atoms with Gasteiger partial charge in [0.25, 0.3) is 0 Å². The molecular weight excluding hydrogens is 162 g/mol. The van der Waals surface area contributed by atoms with Crippen molar-refractivity contribution in [2.45, 2.75) is 45.6 Å². The van der Waals surface area contributed by atoms with E-state index in [1.165, 1.54) is 32.2 Å². The Labute approximate surface area is 82.0 Å². The zero-order valence-corrected chi connectivity index (χ0v) is 9.01. The van der Waals surface area contributed by atoms with Crippen molar-refractivity contribution < 1.29 is 4.74 Å². The number of hydrogen-bond acceptors (Lipinski definition) is 2. The Morgan fingerprint density at radius 2 is 2.38 bits per heavy atom. The normalized spacial score (nSPS) is 25.8. The van der Waals surface area contributed by atoms with E-state index in [0.717, 1.165) is 19.1 Å². The fraction of sp³-hybridized carbons (Fsp3) is 1.00. The van der Waals surface area contributed by atoms with Gasteiger partial charge in [0.15, 0.2) is 0 Å². The van der Waals surface area contributed by atoms with E-state index in [1.54, 1.807) is 0 Å². The van der Waals surface area contributed by atoms with Crippen LogP contribution >= 0.6 is 0 Å². The Kier molecular flexibility index (Phi) is 5.40. The maximum absolute atomic E-state index is 5.83. The van der Waals surface area contributed by atoms with E-state index in [0.29, 0.717) is 6.10 Å². The summed E-state index contributed by atoms with van der Waals surface area (Å²) in [5.74, 6) is 0.729. The molecular formula is C11H23NO. The molecule has 1 saturated heterocycles. The van der Waals surface area contributed by atoms with Gasteiger partial charge in [0.1, 0.15) is 0 Å². The molecule has 0 bridgehead atoms. The topological polar surface area (TPSA) is 21.3 Å². The highest BCUT2D eigenvalue weighted by molar-refractivity contribution is 4.69. The average Bonchev–Trinajstić information content (AvgIpc) is 2.17. The van der Waals surface area contributed by atoms with Crippen LogP contribution in [0.5, 0.6) is 0 Å². The lowest BCUT2D eigenvalue weighted by atomic mass is 10.1. The van der Waals surface area contributed by atoms with E-state index in [-0.39, 0.29) is 0 Å². The van der Waals surface area contributed by atoms with Crippen LogP contribution < -0.4 is 5.32 Å². The van der Waals surface area contributed by atoms with Gasteiger partial charge in [0.05, 0.1) is 6.10 Å². The van der Waals surface area contributed by atoms with Crippen molar-refractivity contribution in [2.24, 2.45) is 5.92 Å². The molecule has 0 radical (unpaired) electrons. The smallest absolute Gasteiger partial charge is 0.0700 e. The fourth-order valence-electron chi connectivity index (χ4n) is 1.84. The molecule has 0 saturated carbocycles. The van der Waals surface area contributed by atoms with Crippen molar-refractivity contribution in [1.29, 1.82) is 0 Å². The van der Waals surface area contributed by atoms with Crippen LogP contribution in [0.4, 0.5) is 0 Å². The van der Waals surface area contributed by atoms with Crippen LogP contribution in [-0.4, -0.2) is 25.8 Å². The first kappa shape index (κ1) is 11.0. The molecule has 1 rings (SSSR count). The van der Waals surface area contributed by atoms with Crippen molar-refractivity contribution in [3.63, 3.8) is 0 Å². The zero-order valence-electron chi connectivity index (χ0n) is 9.01. The van der Waals surface area contributed by atoms with E-state index in [4.69, 9.17) is 4.74 Å². The van der Waals surface area contributed by atoms with Crippen molar-refractivity contribution >= 4 is 0 Å². The first-order valence-electron chi connectivity index (χ1n) is 5.65. The van der Waals surface area contributed by atoms with E-state index in [2.05, 4.69) is 19.2 Å². The summed E-state index contributed by atoms with van der Waals surface area (Å²) in [6.45, 7) is 7.68. The van der Waals surface area contributed by atoms with Crippen molar-refractivity contribution in [2.75, 3.05) is 19.7 Å². The minimum atomic E-state index is 0.480. The minimum Gasteiger partial charge on any atom is -0.377 e. The highest BCUT2D eigenvalue weighted by Gasteiger charge is 2.13. The average molecular weight is 185 g/mol. The minimum absolute atomic E-state index is 0.480. The van der Waals surface area contributed by atoms with Gasteiger partial charge < -0.3 is 10.1 Å². The zero-order chi connectivity index (χ0) is 9.52. The van der Waals surface area contributed by atoms with Crippen LogP contribution in [0.15, 0.2) is 0 Å². The molecule has 1 heterocycles. The summed E-state index contributed by atoms with van der Waals surface area (Å²) in [6.07, 6.45) is 5.56. The summed E-state index contributed by atoms with van der Waals surface area (Å²) in [4.78, 5) is 0. The van der Waals surface area contributed by atoms with E-state index < -0.39 is 0 Å². The molecule has 0 amide bonds. The van der Waals surface area contributed by atoms with Gasteiger partial charge in [-0.15, -0.1) is 0 Å². The molecule has 0 aromatic rings. The Hall–Kier alpha value is -0.0800. The van der Waals surface area contributed by atoms with Gasteiger partial charge in [0.2, 0.25) is 0 Å². The number of nitrogens with one attached hydrogen (secondary N) is 1. The summed E-state index contributed by atoms with van der Waals surface area (Å²) < 4.78 is 5.83. The van der Waals surface area contributed by atoms with Gasteiger partial charge in [0, 0.05) is 13.2 Å². The monoisotopic (exact) mass is 185 g/mol. The molecule has 0 aromatic heterocycles. The van der Waals surface area contributed by atoms with Gasteiger partial charge in [-0.2, -0.15) is 0 Å². The van der Waals surface area contributed by atoms with Crippen molar-refractivity contribution in [3.8, 4) is 0 Å². The Morgan fingerprint density at radius 1 is 1.54 bits per heavy atom. The van der Waals surface area contributed by atoms with E-state index in [1.807, 2.05) is 0 Å². The maximum atomic E-state index is 5.83. The fourth-order valence-corrected chi connectivity index (χ4v) is 1.84. The molecule has 1 aliphatic rings. The molecule has 78 valence electrons. The lowest BCUT2D eigenvalue weighted by Gasteiger charge is -2.24. The molecule has 2 atom stereocenters. The van der Waals surface area contributed by atoms with Crippen LogP contribution in [0, 0.1) is 5.92 Å². The highest BCUT2D eigenvalue weighted by atomic mass is 16.5. The molecule has 2 heteroatoms. The Morgan fingerprint density at radius 3 is 3.00 bits per heavy atom. The first-order valence-corrected chi connectivity index (χ1v) is 5.65. The number of hydrogen-bond donors (Lipinski definition) is 1. The molecule has 0 spiro atoms. The third-order valence-corrected chi connectivity index (χ3v) is 2.65. The molecule has 0 aromatic carbocycles. The Bertz CT molecular complexity index is 121. The molecule has 0 aliphatic carbocycles. The van der Waals surface area contributed by atoms with E-state index in [9.17, 15) is 0 Å². The molecule has 2 nitrogen and oxygen atoms in total. The molecule has 1 fully saturated rings. The van der Waals surface area contributed by atoms with E-state index >= 15 is 0 Å². The standard InChI is InChI=1S/C11H23NO/c1-3-5-10(2)9-13-11-6-4-7-12-8-11/h10-12H,3-9H2,1-2H3. The number of rotatable bonds is 5. The van der Waals surface area contributed by atoms with Crippen LogP contribution in [0.1, 0.15) is 39.5 Å². The van der Waals surface area contributed by atoms with Crippen LogP contribution in [0.3, 0.4) is 0 Å². The second-order valence-corrected chi connectivity index (χ2v) is 4.20. The predicted octanol–water partition coefficient (Wildman–Crippen LogP) is 2.19. The van der Waals surface area contributed by atoms with Gasteiger partial charge in [-0.05, 0) is 31.7 Å². The summed E-state index contributed by atoms with van der Waals surface area (Å²) >= 11 is 0. The number of piperidine rings is 1. The molecule has 2 unspecified atom stereocenters. The lowest BCUT2D eigenvalue weighted by Crippen LogP contribution is -2.36. The van der Waals surface area contributed by atoms with Crippen molar-refractivity contribution in [1.82, 2.24) is 5.32 Å². The number of ether oxygens (including phenoxy) is 1. The quantitative estimate of drug-likeness (QED) is 0.709. The van der Waals surface area contributed by atoms with Gasteiger partial charge in [-0.25, -0.2) is 0 Å². The molecule has 1 aliphatic heterocycles. The van der Waals surface area contributed by atoms with Crippen LogP contribution in [0.25, 0.3) is 0 Å². The first-order chi connectivity index (χ1) is 6.33. The second kappa shape index (κ2) is 6.39.